The van der Waals surface area contributed by atoms with E-state index in [1.54, 1.807) is 6.20 Å². The Morgan fingerprint density at radius 2 is 1.69 bits per heavy atom. The molecule has 1 N–H and O–H groups in total. The number of esters is 1. The molecule has 1 aromatic heterocycles. The van der Waals surface area contributed by atoms with Crippen LogP contribution in [-0.4, -0.2) is 54.7 Å². The quantitative estimate of drug-likeness (QED) is 0.432. The van der Waals surface area contributed by atoms with E-state index in [1.807, 2.05) is 57.2 Å². The van der Waals surface area contributed by atoms with E-state index in [0.29, 0.717) is 23.7 Å². The lowest BCUT2D eigenvalue weighted by Gasteiger charge is -2.36. The van der Waals surface area contributed by atoms with Gasteiger partial charge in [-0.1, -0.05) is 42.5 Å². The van der Waals surface area contributed by atoms with Crippen LogP contribution in [0.2, 0.25) is 0 Å². The predicted octanol–water partition coefficient (Wildman–Crippen LogP) is 5.11. The van der Waals surface area contributed by atoms with Crippen molar-refractivity contribution in [2.24, 2.45) is 0 Å². The number of pyridine rings is 1. The number of hydrogen-bond acceptors (Lipinski definition) is 7. The summed E-state index contributed by atoms with van der Waals surface area (Å²) in [5.41, 5.74) is 3.20. The van der Waals surface area contributed by atoms with Crippen molar-refractivity contribution >= 4 is 23.2 Å². The van der Waals surface area contributed by atoms with Crippen molar-refractivity contribution in [3.05, 3.63) is 78.0 Å². The molecular weight excluding hydrogens is 440 g/mol. The second-order valence-electron chi connectivity index (χ2n) is 8.81. The monoisotopic (exact) mass is 474 g/mol. The Morgan fingerprint density at radius 3 is 2.40 bits per heavy atom. The second-order valence-corrected chi connectivity index (χ2v) is 8.81. The van der Waals surface area contributed by atoms with Gasteiger partial charge < -0.3 is 19.7 Å². The number of carbonyl (C=O) groups is 1. The zero-order valence-corrected chi connectivity index (χ0v) is 20.7. The van der Waals surface area contributed by atoms with E-state index >= 15 is 0 Å². The third-order valence-electron chi connectivity index (χ3n) is 5.85. The lowest BCUT2D eigenvalue weighted by atomic mass is 10.1. The van der Waals surface area contributed by atoms with Crippen molar-refractivity contribution in [2.45, 2.75) is 33.4 Å². The third-order valence-corrected chi connectivity index (χ3v) is 5.85. The number of rotatable bonds is 9. The number of para-hydroxylation sites is 2. The normalized spacial score (nSPS) is 14.1. The van der Waals surface area contributed by atoms with Crippen LogP contribution in [-0.2, 0) is 11.3 Å². The number of aromatic nitrogens is 1. The van der Waals surface area contributed by atoms with Gasteiger partial charge in [-0.2, -0.15) is 0 Å². The standard InChI is InChI=1S/C28H34N4O3/c1-4-34-25-13-9-8-12-23(25)30-24-14-15-29-27(26(24)28(33)35-21(2)3)32-18-16-31(17-19-32)20-22-10-6-5-7-11-22/h5-15,21H,4,16-20H2,1-3H3,(H,29,30). The van der Waals surface area contributed by atoms with E-state index < -0.39 is 0 Å². The molecular formula is C28H34N4O3. The SMILES string of the molecule is CCOc1ccccc1Nc1ccnc(N2CCN(Cc3ccccc3)CC2)c1C(=O)OC(C)C. The molecule has 0 aliphatic carbocycles. The number of hydrogen-bond donors (Lipinski definition) is 1. The molecule has 2 aromatic carbocycles. The smallest absolute Gasteiger partial charge is 0.344 e. The number of nitrogens with one attached hydrogen (secondary N) is 1. The van der Waals surface area contributed by atoms with Crippen LogP contribution in [0.25, 0.3) is 0 Å². The Kier molecular flexibility index (Phi) is 8.21. The third kappa shape index (κ3) is 6.31. The van der Waals surface area contributed by atoms with Crippen LogP contribution in [0.1, 0.15) is 36.7 Å². The minimum Gasteiger partial charge on any atom is -0.492 e. The summed E-state index contributed by atoms with van der Waals surface area (Å²) in [5.74, 6) is 0.992. The van der Waals surface area contributed by atoms with Gasteiger partial charge in [-0.15, -0.1) is 0 Å². The van der Waals surface area contributed by atoms with E-state index in [4.69, 9.17) is 9.47 Å². The molecule has 0 unspecified atom stereocenters. The summed E-state index contributed by atoms with van der Waals surface area (Å²) in [5, 5.41) is 3.40. The Hall–Kier alpha value is -3.58. The second kappa shape index (κ2) is 11.7. The lowest BCUT2D eigenvalue weighted by molar-refractivity contribution is 0.0379. The molecule has 0 radical (unpaired) electrons. The lowest BCUT2D eigenvalue weighted by Crippen LogP contribution is -2.46. The summed E-state index contributed by atoms with van der Waals surface area (Å²) in [7, 11) is 0. The van der Waals surface area contributed by atoms with Crippen LogP contribution in [0.4, 0.5) is 17.2 Å². The zero-order valence-electron chi connectivity index (χ0n) is 20.7. The minimum absolute atomic E-state index is 0.234. The van der Waals surface area contributed by atoms with E-state index in [1.165, 1.54) is 5.56 Å². The zero-order chi connectivity index (χ0) is 24.6. The molecule has 2 heterocycles. The molecule has 1 aliphatic rings. The van der Waals surface area contributed by atoms with Gasteiger partial charge in [-0.25, -0.2) is 9.78 Å². The van der Waals surface area contributed by atoms with Gasteiger partial charge in [-0.3, -0.25) is 4.90 Å². The van der Waals surface area contributed by atoms with Crippen LogP contribution in [0.15, 0.2) is 66.9 Å². The fourth-order valence-corrected chi connectivity index (χ4v) is 4.22. The van der Waals surface area contributed by atoms with Gasteiger partial charge in [0.05, 0.1) is 24.1 Å². The largest absolute Gasteiger partial charge is 0.492 e. The van der Waals surface area contributed by atoms with Crippen LogP contribution in [0.3, 0.4) is 0 Å². The molecule has 0 spiro atoms. The number of piperazine rings is 1. The Labute approximate surface area is 207 Å². The first-order chi connectivity index (χ1) is 17.0. The van der Waals surface area contributed by atoms with Crippen molar-refractivity contribution in [3.8, 4) is 5.75 Å². The summed E-state index contributed by atoms with van der Waals surface area (Å²) < 4.78 is 11.4. The highest BCUT2D eigenvalue weighted by molar-refractivity contribution is 6.01. The summed E-state index contributed by atoms with van der Waals surface area (Å²) >= 11 is 0. The molecule has 0 bridgehead atoms. The van der Waals surface area contributed by atoms with E-state index in [0.717, 1.165) is 44.2 Å². The van der Waals surface area contributed by atoms with Crippen LogP contribution < -0.4 is 15.0 Å². The van der Waals surface area contributed by atoms with Crippen LogP contribution >= 0.6 is 0 Å². The summed E-state index contributed by atoms with van der Waals surface area (Å²) in [6, 6.07) is 20.0. The molecule has 35 heavy (non-hydrogen) atoms. The summed E-state index contributed by atoms with van der Waals surface area (Å²) in [4.78, 5) is 22.5. The van der Waals surface area contributed by atoms with Gasteiger partial charge in [0.25, 0.3) is 0 Å². The average molecular weight is 475 g/mol. The van der Waals surface area contributed by atoms with Crippen molar-refractivity contribution in [2.75, 3.05) is 43.0 Å². The Balaban J connectivity index is 1.58. The Bertz CT molecular complexity index is 1110. The minimum atomic E-state index is -0.383. The number of carbonyl (C=O) groups excluding carboxylic acids is 1. The van der Waals surface area contributed by atoms with E-state index in [9.17, 15) is 4.79 Å². The first-order valence-electron chi connectivity index (χ1n) is 12.2. The molecule has 0 amide bonds. The molecule has 7 heteroatoms. The molecule has 7 nitrogen and oxygen atoms in total. The van der Waals surface area contributed by atoms with E-state index in [-0.39, 0.29) is 12.1 Å². The highest BCUT2D eigenvalue weighted by Gasteiger charge is 2.27. The van der Waals surface area contributed by atoms with E-state index in [2.05, 4.69) is 44.4 Å². The number of benzene rings is 2. The highest BCUT2D eigenvalue weighted by Crippen LogP contribution is 2.33. The maximum Gasteiger partial charge on any atom is 0.344 e. The molecule has 0 atom stereocenters. The number of ether oxygens (including phenoxy) is 2. The van der Waals surface area contributed by atoms with Crippen LogP contribution in [0, 0.1) is 0 Å². The van der Waals surface area contributed by atoms with Crippen molar-refractivity contribution in [1.82, 2.24) is 9.88 Å². The fourth-order valence-electron chi connectivity index (χ4n) is 4.22. The molecule has 1 saturated heterocycles. The molecule has 0 saturated carbocycles. The molecule has 1 fully saturated rings. The molecule has 4 rings (SSSR count). The van der Waals surface area contributed by atoms with Gasteiger partial charge in [0.2, 0.25) is 0 Å². The maximum atomic E-state index is 13.3. The van der Waals surface area contributed by atoms with Crippen molar-refractivity contribution in [1.29, 1.82) is 0 Å². The van der Waals surface area contributed by atoms with Gasteiger partial charge >= 0.3 is 5.97 Å². The topological polar surface area (TPSA) is 66.9 Å². The number of nitrogens with zero attached hydrogens (tertiary/aromatic N) is 3. The number of anilines is 3. The predicted molar refractivity (Wildman–Crippen MR) is 140 cm³/mol. The fraction of sp³-hybridized carbons (Fsp3) is 0.357. The Morgan fingerprint density at radius 1 is 0.971 bits per heavy atom. The van der Waals surface area contributed by atoms with Crippen LogP contribution in [0.5, 0.6) is 5.75 Å². The molecule has 1 aliphatic heterocycles. The summed E-state index contributed by atoms with van der Waals surface area (Å²) in [6.07, 6.45) is 1.51. The average Bonchev–Trinajstić information content (AvgIpc) is 2.86. The molecule has 3 aromatic rings. The maximum absolute atomic E-state index is 13.3. The van der Waals surface area contributed by atoms with Crippen molar-refractivity contribution in [3.63, 3.8) is 0 Å². The molecule has 184 valence electrons. The first-order valence-corrected chi connectivity index (χ1v) is 12.2. The van der Waals surface area contributed by atoms with Gasteiger partial charge in [0.15, 0.2) is 0 Å². The van der Waals surface area contributed by atoms with Crippen molar-refractivity contribution < 1.29 is 14.3 Å². The van der Waals surface area contributed by atoms with Gasteiger partial charge in [0.1, 0.15) is 17.1 Å². The first kappa shape index (κ1) is 24.5. The highest BCUT2D eigenvalue weighted by atomic mass is 16.5. The van der Waals surface area contributed by atoms with Gasteiger partial charge in [0, 0.05) is 38.9 Å². The summed E-state index contributed by atoms with van der Waals surface area (Å²) in [6.45, 7) is 10.5. The van der Waals surface area contributed by atoms with Gasteiger partial charge in [-0.05, 0) is 44.5 Å².